The molecule has 0 fully saturated rings. The highest BCUT2D eigenvalue weighted by atomic mass is 32.1. The van der Waals surface area contributed by atoms with Crippen molar-refractivity contribution in [1.82, 2.24) is 9.97 Å². The van der Waals surface area contributed by atoms with Crippen LogP contribution in [0.2, 0.25) is 0 Å². The number of aromatic nitrogens is 2. The number of ether oxygens (including phenoxy) is 2. The number of alkyl halides is 2. The standard InChI is InChI=1S/C21H16F2N4O5S/c1-31-14-7-10(13(27(29)30)8-15(14)32-21(22)23)6-11(9-24)18-25-19(28)17-12-4-2-3-5-16(12)33-20(17)26-18/h6-8,21H,2-5H2,1H3,(H,25,26,28)/b11-6+. The summed E-state index contributed by atoms with van der Waals surface area (Å²) in [5.74, 6) is -0.756. The number of methoxy groups -OCH3 is 1. The van der Waals surface area contributed by atoms with Crippen LogP contribution >= 0.6 is 11.3 Å². The van der Waals surface area contributed by atoms with Gasteiger partial charge in [0, 0.05) is 4.88 Å². The fourth-order valence-corrected chi connectivity index (χ4v) is 5.05. The first-order chi connectivity index (χ1) is 15.8. The van der Waals surface area contributed by atoms with Gasteiger partial charge in [-0.3, -0.25) is 14.9 Å². The van der Waals surface area contributed by atoms with E-state index in [1.807, 2.05) is 6.07 Å². The van der Waals surface area contributed by atoms with Crippen LogP contribution in [0.5, 0.6) is 11.5 Å². The molecule has 1 N–H and O–H groups in total. The van der Waals surface area contributed by atoms with Gasteiger partial charge in [0.2, 0.25) is 0 Å². The summed E-state index contributed by atoms with van der Waals surface area (Å²) >= 11 is 1.40. The van der Waals surface area contributed by atoms with Crippen LogP contribution in [0.3, 0.4) is 0 Å². The summed E-state index contributed by atoms with van der Waals surface area (Å²) in [7, 11) is 1.18. The number of nitro groups is 1. The van der Waals surface area contributed by atoms with Crippen LogP contribution in [0, 0.1) is 21.4 Å². The van der Waals surface area contributed by atoms with Crippen molar-refractivity contribution in [2.75, 3.05) is 7.11 Å². The van der Waals surface area contributed by atoms with Gasteiger partial charge in [-0.25, -0.2) is 4.98 Å². The highest BCUT2D eigenvalue weighted by Gasteiger charge is 2.23. The largest absolute Gasteiger partial charge is 0.493 e. The molecule has 0 radical (unpaired) electrons. The number of nitro benzene ring substituents is 1. The second kappa shape index (κ2) is 8.95. The summed E-state index contributed by atoms with van der Waals surface area (Å²) in [5, 5.41) is 21.7. The van der Waals surface area contributed by atoms with Gasteiger partial charge in [0.05, 0.1) is 34.6 Å². The third-order valence-corrected chi connectivity index (χ3v) is 6.41. The van der Waals surface area contributed by atoms with Crippen molar-refractivity contribution < 1.29 is 23.2 Å². The van der Waals surface area contributed by atoms with Gasteiger partial charge >= 0.3 is 6.61 Å². The van der Waals surface area contributed by atoms with Gasteiger partial charge in [-0.1, -0.05) is 0 Å². The van der Waals surface area contributed by atoms with Crippen LogP contribution in [-0.2, 0) is 12.8 Å². The summed E-state index contributed by atoms with van der Waals surface area (Å²) < 4.78 is 34.6. The zero-order chi connectivity index (χ0) is 23.7. The number of H-pyrrole nitrogens is 1. The summed E-state index contributed by atoms with van der Waals surface area (Å²) in [6.07, 6.45) is 4.82. The Labute approximate surface area is 189 Å². The molecule has 1 aliphatic carbocycles. The van der Waals surface area contributed by atoms with Crippen LogP contribution in [0.4, 0.5) is 14.5 Å². The number of nitrogens with zero attached hydrogens (tertiary/aromatic N) is 3. The maximum atomic E-state index is 12.8. The van der Waals surface area contributed by atoms with Gasteiger partial charge in [0.1, 0.15) is 10.9 Å². The number of nitrogens with one attached hydrogen (secondary N) is 1. The Morgan fingerprint density at radius 2 is 2.12 bits per heavy atom. The summed E-state index contributed by atoms with van der Waals surface area (Å²) in [4.78, 5) is 32.2. The molecule has 2 aromatic heterocycles. The number of aryl methyl sites for hydroxylation is 2. The van der Waals surface area contributed by atoms with Crippen LogP contribution in [0.25, 0.3) is 21.9 Å². The summed E-state index contributed by atoms with van der Waals surface area (Å²) in [6.45, 7) is -3.22. The lowest BCUT2D eigenvalue weighted by Crippen LogP contribution is -2.12. The number of nitriles is 1. The quantitative estimate of drug-likeness (QED) is 0.317. The lowest BCUT2D eigenvalue weighted by atomic mass is 9.97. The molecular weight excluding hydrogens is 458 g/mol. The smallest absolute Gasteiger partial charge is 0.387 e. The molecular formula is C21H16F2N4O5S. The van der Waals surface area contributed by atoms with E-state index in [0.29, 0.717) is 10.2 Å². The van der Waals surface area contributed by atoms with E-state index < -0.39 is 23.0 Å². The van der Waals surface area contributed by atoms with E-state index in [1.54, 1.807) is 0 Å². The first-order valence-corrected chi connectivity index (χ1v) is 10.6. The molecule has 0 bridgehead atoms. The summed E-state index contributed by atoms with van der Waals surface area (Å²) in [5.41, 5.74) is -0.243. The number of benzene rings is 1. The molecule has 0 saturated heterocycles. The van der Waals surface area contributed by atoms with Crippen LogP contribution in [0.1, 0.15) is 34.7 Å². The zero-order valence-electron chi connectivity index (χ0n) is 17.2. The van der Waals surface area contributed by atoms with E-state index in [1.165, 1.54) is 18.4 Å². The van der Waals surface area contributed by atoms with Crippen LogP contribution in [-0.4, -0.2) is 28.6 Å². The number of halogens is 2. The second-order valence-corrected chi connectivity index (χ2v) is 8.26. The number of hydrogen-bond donors (Lipinski definition) is 1. The van der Waals surface area contributed by atoms with Crippen molar-refractivity contribution in [3.05, 3.63) is 54.4 Å². The average Bonchev–Trinajstić information content (AvgIpc) is 3.16. The Morgan fingerprint density at radius 3 is 2.79 bits per heavy atom. The zero-order valence-corrected chi connectivity index (χ0v) is 18.0. The van der Waals surface area contributed by atoms with Crippen molar-refractivity contribution in [3.8, 4) is 17.6 Å². The molecule has 0 spiro atoms. The average molecular weight is 474 g/mol. The predicted molar refractivity (Wildman–Crippen MR) is 117 cm³/mol. The van der Waals surface area contributed by atoms with Crippen molar-refractivity contribution in [2.45, 2.75) is 32.3 Å². The topological polar surface area (TPSA) is 131 Å². The minimum absolute atomic E-state index is 0.0465. The Bertz CT molecular complexity index is 1390. The number of hydrogen-bond acceptors (Lipinski definition) is 8. The number of thiophene rings is 1. The molecule has 33 heavy (non-hydrogen) atoms. The number of rotatable bonds is 6. The lowest BCUT2D eigenvalue weighted by Gasteiger charge is -2.11. The molecule has 0 atom stereocenters. The fraction of sp³-hybridized carbons (Fsp3) is 0.286. The van der Waals surface area contributed by atoms with Crippen LogP contribution in [0.15, 0.2) is 16.9 Å². The molecule has 1 aliphatic rings. The van der Waals surface area contributed by atoms with E-state index in [4.69, 9.17) is 4.74 Å². The van der Waals surface area contributed by atoms with Gasteiger partial charge in [0.25, 0.3) is 11.2 Å². The van der Waals surface area contributed by atoms with E-state index in [2.05, 4.69) is 14.7 Å². The number of allylic oxidation sites excluding steroid dienone is 1. The molecule has 2 heterocycles. The highest BCUT2D eigenvalue weighted by molar-refractivity contribution is 7.18. The lowest BCUT2D eigenvalue weighted by molar-refractivity contribution is -0.385. The molecule has 0 unspecified atom stereocenters. The van der Waals surface area contributed by atoms with Crippen LogP contribution < -0.4 is 15.0 Å². The van der Waals surface area contributed by atoms with Gasteiger partial charge in [-0.15, -0.1) is 11.3 Å². The van der Waals surface area contributed by atoms with Gasteiger partial charge < -0.3 is 14.5 Å². The fourth-order valence-electron chi connectivity index (χ4n) is 3.79. The van der Waals surface area contributed by atoms with E-state index >= 15 is 0 Å². The van der Waals surface area contributed by atoms with Gasteiger partial charge in [0.15, 0.2) is 17.3 Å². The van der Waals surface area contributed by atoms with E-state index in [9.17, 15) is 29.0 Å². The first-order valence-electron chi connectivity index (χ1n) is 9.80. The van der Waals surface area contributed by atoms with Crippen molar-refractivity contribution in [1.29, 1.82) is 5.26 Å². The number of aromatic amines is 1. The SMILES string of the molecule is COc1cc(/C=C(\C#N)c2nc3sc4c(c3c(=O)[nH]2)CCCC4)c([N+](=O)[O-])cc1OC(F)F. The molecule has 0 aliphatic heterocycles. The third-order valence-electron chi connectivity index (χ3n) is 5.23. The van der Waals surface area contributed by atoms with Gasteiger partial charge in [-0.05, 0) is 43.4 Å². The summed E-state index contributed by atoms with van der Waals surface area (Å²) in [6, 6.07) is 3.78. The Kier molecular flexibility index (Phi) is 6.06. The monoisotopic (exact) mass is 474 g/mol. The molecule has 0 amide bonds. The Morgan fingerprint density at radius 1 is 1.36 bits per heavy atom. The molecule has 4 rings (SSSR count). The maximum absolute atomic E-state index is 12.8. The van der Waals surface area contributed by atoms with Crippen molar-refractivity contribution >= 4 is 38.9 Å². The van der Waals surface area contributed by atoms with E-state index in [0.717, 1.165) is 54.3 Å². The molecule has 0 saturated carbocycles. The molecule has 3 aromatic rings. The Balaban J connectivity index is 1.85. The normalized spacial score (nSPS) is 13.6. The van der Waals surface area contributed by atoms with Crippen molar-refractivity contribution in [2.24, 2.45) is 0 Å². The second-order valence-electron chi connectivity index (χ2n) is 7.17. The predicted octanol–water partition coefficient (Wildman–Crippen LogP) is 4.45. The molecule has 12 heteroatoms. The highest BCUT2D eigenvalue weighted by Crippen LogP contribution is 2.38. The molecule has 9 nitrogen and oxygen atoms in total. The third kappa shape index (κ3) is 4.27. The van der Waals surface area contributed by atoms with Crippen molar-refractivity contribution in [3.63, 3.8) is 0 Å². The first kappa shape index (κ1) is 22.3. The Hall–Kier alpha value is -3.85. The minimum Gasteiger partial charge on any atom is -0.493 e. The molecule has 1 aromatic carbocycles. The van der Waals surface area contributed by atoms with Gasteiger partial charge in [-0.2, -0.15) is 14.0 Å². The number of fused-ring (bicyclic) bond motifs is 3. The minimum atomic E-state index is -3.22. The molecule has 170 valence electrons. The van der Waals surface area contributed by atoms with E-state index in [-0.39, 0.29) is 28.3 Å². The maximum Gasteiger partial charge on any atom is 0.387 e.